The molecular formula is C11H18N4OS. The summed E-state index contributed by atoms with van der Waals surface area (Å²) < 4.78 is 0. The molecule has 5 N–H and O–H groups in total. The fourth-order valence-corrected chi connectivity index (χ4v) is 1.91. The number of nitrogens with one attached hydrogen (secondary N) is 1. The Morgan fingerprint density at radius 2 is 2.29 bits per heavy atom. The Labute approximate surface area is 105 Å². The first-order valence-electron chi connectivity index (χ1n) is 5.36. The summed E-state index contributed by atoms with van der Waals surface area (Å²) >= 11 is 1.79. The quantitative estimate of drug-likeness (QED) is 0.711. The number of pyridine rings is 1. The van der Waals surface area contributed by atoms with Gasteiger partial charge in [-0.15, -0.1) is 0 Å². The van der Waals surface area contributed by atoms with E-state index in [1.54, 1.807) is 17.8 Å². The largest absolute Gasteiger partial charge is 0.396 e. The van der Waals surface area contributed by atoms with Crippen molar-refractivity contribution in [2.75, 3.05) is 23.1 Å². The number of aromatic nitrogens is 1. The van der Waals surface area contributed by atoms with Gasteiger partial charge in [0.2, 0.25) is 0 Å². The smallest absolute Gasteiger partial charge is 0.267 e. The van der Waals surface area contributed by atoms with E-state index in [9.17, 15) is 4.79 Å². The van der Waals surface area contributed by atoms with E-state index in [-0.39, 0.29) is 11.7 Å². The summed E-state index contributed by atoms with van der Waals surface area (Å²) in [7, 11) is 0. The van der Waals surface area contributed by atoms with Gasteiger partial charge in [0.15, 0.2) is 0 Å². The van der Waals surface area contributed by atoms with Gasteiger partial charge in [-0.1, -0.05) is 0 Å². The van der Waals surface area contributed by atoms with E-state index in [2.05, 4.69) is 16.6 Å². The van der Waals surface area contributed by atoms with Gasteiger partial charge in [0.25, 0.3) is 5.91 Å². The maximum absolute atomic E-state index is 11.0. The van der Waals surface area contributed by atoms with Crippen molar-refractivity contribution >= 4 is 29.2 Å². The summed E-state index contributed by atoms with van der Waals surface area (Å²) in [6.07, 6.45) is 3.07. The van der Waals surface area contributed by atoms with Gasteiger partial charge in [0, 0.05) is 6.04 Å². The molecule has 0 aromatic carbocycles. The predicted molar refractivity (Wildman–Crippen MR) is 73.3 cm³/mol. The Balaban J connectivity index is 2.75. The van der Waals surface area contributed by atoms with Gasteiger partial charge in [-0.3, -0.25) is 4.79 Å². The molecule has 0 aliphatic rings. The molecule has 1 rings (SSSR count). The Kier molecular flexibility index (Phi) is 5.09. The van der Waals surface area contributed by atoms with Crippen LogP contribution < -0.4 is 16.8 Å². The molecule has 17 heavy (non-hydrogen) atoms. The van der Waals surface area contributed by atoms with Crippen molar-refractivity contribution in [1.82, 2.24) is 4.98 Å². The number of thioether (sulfide) groups is 1. The molecule has 0 saturated heterocycles. The van der Waals surface area contributed by atoms with Crippen molar-refractivity contribution in [2.24, 2.45) is 5.73 Å². The normalized spacial score (nSPS) is 12.1. The highest BCUT2D eigenvalue weighted by Crippen LogP contribution is 2.17. The van der Waals surface area contributed by atoms with Crippen molar-refractivity contribution in [3.63, 3.8) is 0 Å². The Morgan fingerprint density at radius 1 is 1.59 bits per heavy atom. The lowest BCUT2D eigenvalue weighted by Gasteiger charge is -2.15. The van der Waals surface area contributed by atoms with Crippen molar-refractivity contribution in [3.8, 4) is 0 Å². The van der Waals surface area contributed by atoms with Gasteiger partial charge >= 0.3 is 0 Å². The monoisotopic (exact) mass is 254 g/mol. The summed E-state index contributed by atoms with van der Waals surface area (Å²) in [4.78, 5) is 15.1. The molecule has 0 spiro atoms. The molecule has 1 aromatic heterocycles. The van der Waals surface area contributed by atoms with Crippen LogP contribution in [0, 0.1) is 0 Å². The average molecular weight is 254 g/mol. The van der Waals surface area contributed by atoms with Crippen LogP contribution in [-0.4, -0.2) is 28.9 Å². The Hall–Kier alpha value is -1.43. The maximum atomic E-state index is 11.0. The number of rotatable bonds is 6. The van der Waals surface area contributed by atoms with Crippen LogP contribution in [0.3, 0.4) is 0 Å². The van der Waals surface area contributed by atoms with E-state index in [1.807, 2.05) is 6.92 Å². The lowest BCUT2D eigenvalue weighted by Crippen LogP contribution is -2.20. The second kappa shape index (κ2) is 6.34. The third-order valence-electron chi connectivity index (χ3n) is 2.32. The second-order valence-electron chi connectivity index (χ2n) is 3.83. The van der Waals surface area contributed by atoms with Gasteiger partial charge in [-0.05, 0) is 37.5 Å². The lowest BCUT2D eigenvalue weighted by molar-refractivity contribution is 0.0995. The zero-order valence-electron chi connectivity index (χ0n) is 10.1. The summed E-state index contributed by atoms with van der Waals surface area (Å²) in [6, 6.07) is 3.41. The minimum Gasteiger partial charge on any atom is -0.396 e. The first-order chi connectivity index (χ1) is 8.04. The highest BCUT2D eigenvalue weighted by Gasteiger charge is 2.09. The van der Waals surface area contributed by atoms with Crippen LogP contribution in [-0.2, 0) is 0 Å². The van der Waals surface area contributed by atoms with Crippen molar-refractivity contribution in [3.05, 3.63) is 17.8 Å². The summed E-state index contributed by atoms with van der Waals surface area (Å²) in [5.41, 5.74) is 11.7. The minimum absolute atomic E-state index is 0.221. The predicted octanol–water partition coefficient (Wildman–Crippen LogP) is 1.32. The lowest BCUT2D eigenvalue weighted by atomic mass is 10.2. The third kappa shape index (κ3) is 4.14. The van der Waals surface area contributed by atoms with Crippen molar-refractivity contribution < 1.29 is 4.79 Å². The van der Waals surface area contributed by atoms with Crippen LogP contribution in [0.2, 0.25) is 0 Å². The van der Waals surface area contributed by atoms with E-state index in [0.29, 0.717) is 11.5 Å². The van der Waals surface area contributed by atoms with Crippen molar-refractivity contribution in [1.29, 1.82) is 0 Å². The standard InChI is InChI=1S/C11H18N4OS/c1-7(5-6-17-2)14-11-8(12)3-4-9(15-11)10(13)16/h3-4,7H,5-6,12H2,1-2H3,(H2,13,16)(H,14,15). The molecule has 6 heteroatoms. The van der Waals surface area contributed by atoms with E-state index >= 15 is 0 Å². The number of hydrogen-bond acceptors (Lipinski definition) is 5. The molecule has 0 aliphatic carbocycles. The van der Waals surface area contributed by atoms with Gasteiger partial charge in [-0.25, -0.2) is 4.98 Å². The number of carbonyl (C=O) groups excluding carboxylic acids is 1. The highest BCUT2D eigenvalue weighted by atomic mass is 32.2. The number of nitrogens with two attached hydrogens (primary N) is 2. The number of nitrogens with zero attached hydrogens (tertiary/aromatic N) is 1. The molecule has 5 nitrogen and oxygen atoms in total. The molecule has 0 bridgehead atoms. The first kappa shape index (κ1) is 13.6. The zero-order chi connectivity index (χ0) is 12.8. The van der Waals surface area contributed by atoms with Crippen LogP contribution in [0.25, 0.3) is 0 Å². The van der Waals surface area contributed by atoms with Crippen LogP contribution in [0.5, 0.6) is 0 Å². The summed E-state index contributed by atoms with van der Waals surface area (Å²) in [6.45, 7) is 2.05. The number of anilines is 2. The molecule has 0 saturated carbocycles. The molecule has 1 unspecified atom stereocenters. The fraction of sp³-hybridized carbons (Fsp3) is 0.455. The van der Waals surface area contributed by atoms with E-state index < -0.39 is 5.91 Å². The number of carbonyl (C=O) groups is 1. The highest BCUT2D eigenvalue weighted by molar-refractivity contribution is 7.98. The molecule has 0 aliphatic heterocycles. The van der Waals surface area contributed by atoms with Crippen LogP contribution in [0.4, 0.5) is 11.5 Å². The average Bonchev–Trinajstić information content (AvgIpc) is 2.29. The van der Waals surface area contributed by atoms with Crippen LogP contribution in [0.15, 0.2) is 12.1 Å². The first-order valence-corrected chi connectivity index (χ1v) is 6.75. The van der Waals surface area contributed by atoms with Gasteiger partial charge in [0.1, 0.15) is 11.5 Å². The SMILES string of the molecule is CSCCC(C)Nc1nc(C(N)=O)ccc1N. The molecule has 1 aromatic rings. The number of hydrogen-bond donors (Lipinski definition) is 3. The van der Waals surface area contributed by atoms with E-state index in [0.717, 1.165) is 12.2 Å². The molecule has 1 amide bonds. The number of nitrogen functional groups attached to an aromatic ring is 1. The van der Waals surface area contributed by atoms with Gasteiger partial charge < -0.3 is 16.8 Å². The molecule has 1 heterocycles. The van der Waals surface area contributed by atoms with E-state index in [4.69, 9.17) is 11.5 Å². The minimum atomic E-state index is -0.551. The van der Waals surface area contributed by atoms with Crippen molar-refractivity contribution in [2.45, 2.75) is 19.4 Å². The Morgan fingerprint density at radius 3 is 2.88 bits per heavy atom. The number of amides is 1. The third-order valence-corrected chi connectivity index (χ3v) is 2.96. The van der Waals surface area contributed by atoms with Crippen LogP contribution in [0.1, 0.15) is 23.8 Å². The van der Waals surface area contributed by atoms with E-state index in [1.165, 1.54) is 6.07 Å². The topological polar surface area (TPSA) is 94.0 Å². The Bertz CT molecular complexity index is 397. The molecule has 0 fully saturated rings. The zero-order valence-corrected chi connectivity index (χ0v) is 10.9. The molecular weight excluding hydrogens is 236 g/mol. The second-order valence-corrected chi connectivity index (χ2v) is 4.81. The molecule has 0 radical (unpaired) electrons. The van der Waals surface area contributed by atoms with Gasteiger partial charge in [-0.2, -0.15) is 11.8 Å². The maximum Gasteiger partial charge on any atom is 0.267 e. The molecule has 1 atom stereocenters. The summed E-state index contributed by atoms with van der Waals surface area (Å²) in [5, 5.41) is 3.18. The van der Waals surface area contributed by atoms with Crippen LogP contribution >= 0.6 is 11.8 Å². The molecule has 94 valence electrons. The fourth-order valence-electron chi connectivity index (χ4n) is 1.32. The number of primary amides is 1. The van der Waals surface area contributed by atoms with Gasteiger partial charge in [0.05, 0.1) is 5.69 Å². The summed E-state index contributed by atoms with van der Waals surface area (Å²) in [5.74, 6) is 1.03.